The summed E-state index contributed by atoms with van der Waals surface area (Å²) in [5, 5.41) is 7.28. The van der Waals surface area contributed by atoms with Gasteiger partial charge in [-0.2, -0.15) is 0 Å². The topological polar surface area (TPSA) is 30.7 Å². The molecule has 3 nitrogen and oxygen atoms in total. The standard InChI is InChI=1S/C54H35N3/c1-2-13-40(14-3-1)54-55-50(42-27-24-36-12-4-5-15-41(36)34-42)35-51(56-54)47-33-32-44(45-16-6-7-17-46(45)47)39-25-22-37(23-26-39)38-28-30-43(31-29-38)57-52-20-10-8-18-48(52)49-19-9-11-21-53(49)57/h1-35H. The molecule has 0 bridgehead atoms. The first-order chi connectivity index (χ1) is 28.2. The van der Waals surface area contributed by atoms with Crippen molar-refractivity contribution in [2.45, 2.75) is 0 Å². The molecule has 57 heavy (non-hydrogen) atoms. The number of rotatable bonds is 6. The molecule has 3 heteroatoms. The normalized spacial score (nSPS) is 11.5. The number of para-hydroxylation sites is 2. The Kier molecular flexibility index (Phi) is 7.82. The van der Waals surface area contributed by atoms with Crippen molar-refractivity contribution >= 4 is 43.4 Å². The molecule has 0 unspecified atom stereocenters. The monoisotopic (exact) mass is 725 g/mol. The Balaban J connectivity index is 0.957. The van der Waals surface area contributed by atoms with Gasteiger partial charge in [0.25, 0.3) is 0 Å². The summed E-state index contributed by atoms with van der Waals surface area (Å²) in [6.07, 6.45) is 0. The summed E-state index contributed by atoms with van der Waals surface area (Å²) in [5.41, 5.74) is 13.3. The Labute approximate surface area is 330 Å². The van der Waals surface area contributed by atoms with Gasteiger partial charge in [-0.15, -0.1) is 0 Å². The molecule has 11 rings (SSSR count). The molecule has 0 spiro atoms. The predicted octanol–water partition coefficient (Wildman–Crippen LogP) is 14.2. The fourth-order valence-electron chi connectivity index (χ4n) is 8.42. The van der Waals surface area contributed by atoms with Gasteiger partial charge in [0.15, 0.2) is 5.82 Å². The second kappa shape index (κ2) is 13.6. The van der Waals surface area contributed by atoms with E-state index in [1.165, 1.54) is 60.2 Å². The Morgan fingerprint density at radius 1 is 0.298 bits per heavy atom. The second-order valence-electron chi connectivity index (χ2n) is 14.6. The van der Waals surface area contributed by atoms with Crippen LogP contribution in [0.15, 0.2) is 212 Å². The van der Waals surface area contributed by atoms with Crippen molar-refractivity contribution < 1.29 is 0 Å². The molecule has 0 aliphatic rings. The van der Waals surface area contributed by atoms with Crippen LogP contribution in [0.3, 0.4) is 0 Å². The van der Waals surface area contributed by atoms with Crippen molar-refractivity contribution in [2.75, 3.05) is 0 Å². The molecule has 0 fully saturated rings. The van der Waals surface area contributed by atoms with E-state index in [2.05, 4.69) is 199 Å². The third kappa shape index (κ3) is 5.76. The van der Waals surface area contributed by atoms with Crippen LogP contribution < -0.4 is 0 Å². The first-order valence-electron chi connectivity index (χ1n) is 19.4. The molecule has 0 atom stereocenters. The van der Waals surface area contributed by atoms with E-state index in [0.717, 1.165) is 39.2 Å². The Morgan fingerprint density at radius 3 is 1.51 bits per heavy atom. The minimum absolute atomic E-state index is 0.711. The number of nitrogens with zero attached hydrogens (tertiary/aromatic N) is 3. The van der Waals surface area contributed by atoms with Crippen LogP contribution >= 0.6 is 0 Å². The van der Waals surface area contributed by atoms with Crippen molar-refractivity contribution in [2.24, 2.45) is 0 Å². The van der Waals surface area contributed by atoms with Gasteiger partial charge in [0.1, 0.15) is 0 Å². The lowest BCUT2D eigenvalue weighted by molar-refractivity contribution is 1.18. The summed E-state index contributed by atoms with van der Waals surface area (Å²) in [4.78, 5) is 10.3. The van der Waals surface area contributed by atoms with Crippen molar-refractivity contribution in [3.05, 3.63) is 212 Å². The lowest BCUT2D eigenvalue weighted by Crippen LogP contribution is -1.97. The molecular weight excluding hydrogens is 691 g/mol. The highest BCUT2D eigenvalue weighted by Crippen LogP contribution is 2.38. The summed E-state index contributed by atoms with van der Waals surface area (Å²) in [6.45, 7) is 0. The minimum Gasteiger partial charge on any atom is -0.309 e. The van der Waals surface area contributed by atoms with Gasteiger partial charge in [-0.05, 0) is 80.2 Å². The summed E-state index contributed by atoms with van der Waals surface area (Å²) < 4.78 is 2.36. The zero-order chi connectivity index (χ0) is 37.7. The van der Waals surface area contributed by atoms with Crippen LogP contribution in [0.1, 0.15) is 0 Å². The van der Waals surface area contributed by atoms with Crippen LogP contribution in [0.25, 0.3) is 105 Å². The number of hydrogen-bond acceptors (Lipinski definition) is 2. The Morgan fingerprint density at radius 2 is 0.807 bits per heavy atom. The third-order valence-electron chi connectivity index (χ3n) is 11.2. The lowest BCUT2D eigenvalue weighted by Gasteiger charge is -2.14. The summed E-state index contributed by atoms with van der Waals surface area (Å²) in [7, 11) is 0. The van der Waals surface area contributed by atoms with E-state index in [1.54, 1.807) is 0 Å². The van der Waals surface area contributed by atoms with Crippen LogP contribution in [-0.2, 0) is 0 Å². The van der Waals surface area contributed by atoms with Crippen molar-refractivity contribution in [1.29, 1.82) is 0 Å². The molecule has 2 heterocycles. The van der Waals surface area contributed by atoms with Gasteiger partial charge in [-0.25, -0.2) is 9.97 Å². The summed E-state index contributed by atoms with van der Waals surface area (Å²) in [6, 6.07) is 75.7. The molecule has 0 saturated heterocycles. The summed E-state index contributed by atoms with van der Waals surface area (Å²) >= 11 is 0. The quantitative estimate of drug-likeness (QED) is 0.171. The van der Waals surface area contributed by atoms with Crippen molar-refractivity contribution in [3.8, 4) is 61.8 Å². The van der Waals surface area contributed by atoms with Gasteiger partial charge in [0, 0.05) is 33.2 Å². The van der Waals surface area contributed by atoms with E-state index in [1.807, 2.05) is 18.2 Å². The third-order valence-corrected chi connectivity index (χ3v) is 11.2. The van der Waals surface area contributed by atoms with Crippen LogP contribution in [0, 0.1) is 0 Å². The average Bonchev–Trinajstić information content (AvgIpc) is 3.63. The molecule has 0 aliphatic heterocycles. The van der Waals surface area contributed by atoms with Crippen LogP contribution in [0.5, 0.6) is 0 Å². The van der Waals surface area contributed by atoms with Crippen LogP contribution in [-0.4, -0.2) is 14.5 Å². The van der Waals surface area contributed by atoms with E-state index in [0.29, 0.717) is 5.82 Å². The molecule has 0 radical (unpaired) electrons. The molecule has 2 aromatic heterocycles. The highest BCUT2D eigenvalue weighted by atomic mass is 15.0. The number of fused-ring (bicyclic) bond motifs is 5. The minimum atomic E-state index is 0.711. The molecule has 266 valence electrons. The van der Waals surface area contributed by atoms with Crippen molar-refractivity contribution in [1.82, 2.24) is 14.5 Å². The zero-order valence-corrected chi connectivity index (χ0v) is 31.0. The number of hydrogen-bond donors (Lipinski definition) is 0. The number of aromatic nitrogens is 3. The SMILES string of the molecule is c1ccc(-c2nc(-c3ccc4ccccc4c3)cc(-c3ccc(-c4ccc(-c5ccc(-n6c7ccccc7c7ccccc76)cc5)cc4)c4ccccc34)n2)cc1. The maximum Gasteiger partial charge on any atom is 0.160 e. The van der Waals surface area contributed by atoms with Crippen LogP contribution in [0.4, 0.5) is 0 Å². The van der Waals surface area contributed by atoms with E-state index in [4.69, 9.17) is 9.97 Å². The number of benzene rings is 9. The second-order valence-corrected chi connectivity index (χ2v) is 14.6. The molecule has 0 N–H and O–H groups in total. The van der Waals surface area contributed by atoms with Crippen LogP contribution in [0.2, 0.25) is 0 Å². The smallest absolute Gasteiger partial charge is 0.160 e. The fourth-order valence-corrected chi connectivity index (χ4v) is 8.42. The van der Waals surface area contributed by atoms with Gasteiger partial charge < -0.3 is 4.57 Å². The first kappa shape index (κ1) is 32.8. The lowest BCUT2D eigenvalue weighted by atomic mass is 9.92. The molecular formula is C54H35N3. The van der Waals surface area contributed by atoms with Crippen molar-refractivity contribution in [3.63, 3.8) is 0 Å². The molecule has 11 aromatic rings. The molecule has 0 saturated carbocycles. The summed E-state index contributed by atoms with van der Waals surface area (Å²) in [5.74, 6) is 0.711. The highest BCUT2D eigenvalue weighted by Gasteiger charge is 2.16. The average molecular weight is 726 g/mol. The van der Waals surface area contributed by atoms with Gasteiger partial charge in [0.2, 0.25) is 0 Å². The zero-order valence-electron chi connectivity index (χ0n) is 31.0. The van der Waals surface area contributed by atoms with E-state index < -0.39 is 0 Å². The van der Waals surface area contributed by atoms with Gasteiger partial charge >= 0.3 is 0 Å². The van der Waals surface area contributed by atoms with Gasteiger partial charge in [-0.1, -0.05) is 176 Å². The van der Waals surface area contributed by atoms with Gasteiger partial charge in [0.05, 0.1) is 22.4 Å². The maximum atomic E-state index is 5.20. The van der Waals surface area contributed by atoms with E-state index >= 15 is 0 Å². The Bertz CT molecular complexity index is 3220. The molecule has 0 amide bonds. The van der Waals surface area contributed by atoms with Gasteiger partial charge in [-0.3, -0.25) is 0 Å². The Hall–Kier alpha value is -7.62. The maximum absolute atomic E-state index is 5.20. The first-order valence-corrected chi connectivity index (χ1v) is 19.4. The van der Waals surface area contributed by atoms with E-state index in [-0.39, 0.29) is 0 Å². The molecule has 9 aromatic carbocycles. The largest absolute Gasteiger partial charge is 0.309 e. The predicted molar refractivity (Wildman–Crippen MR) is 239 cm³/mol. The fraction of sp³-hybridized carbons (Fsp3) is 0. The van der Waals surface area contributed by atoms with E-state index in [9.17, 15) is 0 Å². The molecule has 0 aliphatic carbocycles. The highest BCUT2D eigenvalue weighted by molar-refractivity contribution is 6.09.